The van der Waals surface area contributed by atoms with E-state index in [1.54, 1.807) is 17.9 Å². The zero-order valence-corrected chi connectivity index (χ0v) is 16.2. The summed E-state index contributed by atoms with van der Waals surface area (Å²) in [5, 5.41) is 27.4. The number of halogens is 1. The van der Waals surface area contributed by atoms with E-state index in [1.807, 2.05) is 0 Å². The molecular formula is C18H23ClN6O3. The molecule has 4 N–H and O–H groups in total. The van der Waals surface area contributed by atoms with E-state index in [-0.39, 0.29) is 17.1 Å². The normalized spacial score (nSPS) is 34.6. The van der Waals surface area contributed by atoms with Crippen LogP contribution < -0.4 is 10.6 Å². The molecule has 2 aromatic heterocycles. The van der Waals surface area contributed by atoms with Gasteiger partial charge in [0.25, 0.3) is 0 Å². The molecule has 2 aromatic rings. The van der Waals surface area contributed by atoms with Gasteiger partial charge in [0.15, 0.2) is 17.0 Å². The molecule has 150 valence electrons. The molecule has 0 aromatic carbocycles. The van der Waals surface area contributed by atoms with E-state index < -0.39 is 23.7 Å². The Bertz CT molecular complexity index is 945. The van der Waals surface area contributed by atoms with Crippen LogP contribution in [0.1, 0.15) is 38.1 Å². The minimum absolute atomic E-state index is 0.0937. The molecule has 0 radical (unpaired) electrons. The lowest BCUT2D eigenvalue weighted by molar-refractivity contribution is -0.132. The monoisotopic (exact) mass is 406 g/mol. The number of fused-ring (bicyclic) bond motifs is 2. The second kappa shape index (κ2) is 6.27. The lowest BCUT2D eigenvalue weighted by Gasteiger charge is -2.23. The van der Waals surface area contributed by atoms with Gasteiger partial charge in [0.05, 0.1) is 23.9 Å². The molecule has 2 heterocycles. The maximum absolute atomic E-state index is 12.3. The molecule has 28 heavy (non-hydrogen) atoms. The number of aromatic nitrogens is 4. The van der Waals surface area contributed by atoms with Crippen molar-refractivity contribution in [2.75, 3.05) is 12.4 Å². The predicted molar refractivity (Wildman–Crippen MR) is 102 cm³/mol. The number of carbonyl (C=O) groups excluding carboxylic acids is 1. The molecule has 5 atom stereocenters. The van der Waals surface area contributed by atoms with Crippen LogP contribution in [0.15, 0.2) is 6.33 Å². The van der Waals surface area contributed by atoms with Gasteiger partial charge in [0.2, 0.25) is 11.2 Å². The Labute approximate surface area is 166 Å². The van der Waals surface area contributed by atoms with E-state index in [9.17, 15) is 15.0 Å². The Morgan fingerprint density at radius 2 is 2.07 bits per heavy atom. The first-order valence-electron chi connectivity index (χ1n) is 9.72. The highest BCUT2D eigenvalue weighted by Crippen LogP contribution is 2.67. The average molecular weight is 407 g/mol. The van der Waals surface area contributed by atoms with E-state index in [0.717, 1.165) is 12.8 Å². The number of carbonyl (C=O) groups is 1. The van der Waals surface area contributed by atoms with Crippen molar-refractivity contribution in [3.63, 3.8) is 0 Å². The molecule has 3 fully saturated rings. The Kier molecular flexibility index (Phi) is 4.05. The van der Waals surface area contributed by atoms with Gasteiger partial charge in [-0.15, -0.1) is 0 Å². The third kappa shape index (κ3) is 2.39. The van der Waals surface area contributed by atoms with Gasteiger partial charge in [-0.25, -0.2) is 4.98 Å². The number of hydrogen-bond acceptors (Lipinski definition) is 7. The number of aliphatic hydroxyl groups is 2. The summed E-state index contributed by atoms with van der Waals surface area (Å²) in [6.07, 6.45) is 4.41. The highest BCUT2D eigenvalue weighted by molar-refractivity contribution is 6.28. The van der Waals surface area contributed by atoms with Crippen LogP contribution in [0.3, 0.4) is 0 Å². The Morgan fingerprint density at radius 1 is 1.32 bits per heavy atom. The summed E-state index contributed by atoms with van der Waals surface area (Å²) in [6.45, 7) is 0. The van der Waals surface area contributed by atoms with Gasteiger partial charge in [-0.1, -0.05) is 12.8 Å². The fourth-order valence-corrected chi connectivity index (χ4v) is 5.42. The number of aliphatic hydroxyl groups excluding tert-OH is 2. The van der Waals surface area contributed by atoms with E-state index in [4.69, 9.17) is 11.6 Å². The maximum atomic E-state index is 12.3. The lowest BCUT2D eigenvalue weighted by Crippen LogP contribution is -2.41. The lowest BCUT2D eigenvalue weighted by atomic mass is 9.98. The fourth-order valence-electron chi connectivity index (χ4n) is 5.26. The van der Waals surface area contributed by atoms with E-state index in [1.165, 1.54) is 12.8 Å². The summed E-state index contributed by atoms with van der Waals surface area (Å²) in [4.78, 5) is 25.5. The molecule has 0 unspecified atom stereocenters. The molecule has 3 aliphatic carbocycles. The molecule has 3 aliphatic rings. The average Bonchev–Trinajstić information content (AvgIpc) is 2.96. The third-order valence-electron chi connectivity index (χ3n) is 6.73. The van der Waals surface area contributed by atoms with Gasteiger partial charge in [-0.05, 0) is 30.9 Å². The minimum Gasteiger partial charge on any atom is -0.389 e. The number of hydrogen-bond donors (Lipinski definition) is 4. The summed E-state index contributed by atoms with van der Waals surface area (Å²) in [5.41, 5.74) is 0.129. The van der Waals surface area contributed by atoms with Crippen LogP contribution in [-0.2, 0) is 4.79 Å². The zero-order valence-electron chi connectivity index (χ0n) is 15.5. The Morgan fingerprint density at radius 3 is 2.79 bits per heavy atom. The van der Waals surface area contributed by atoms with Gasteiger partial charge < -0.3 is 25.4 Å². The molecule has 3 saturated carbocycles. The number of anilines is 1. The number of nitrogens with zero attached hydrogens (tertiary/aromatic N) is 4. The van der Waals surface area contributed by atoms with Crippen LogP contribution in [0.4, 0.5) is 5.82 Å². The molecular weight excluding hydrogens is 384 g/mol. The molecule has 5 rings (SSSR count). The van der Waals surface area contributed by atoms with Gasteiger partial charge in [0, 0.05) is 19.0 Å². The van der Waals surface area contributed by atoms with Gasteiger partial charge >= 0.3 is 0 Å². The van der Waals surface area contributed by atoms with Crippen LogP contribution in [0.2, 0.25) is 5.28 Å². The van der Waals surface area contributed by atoms with Crippen LogP contribution in [0.25, 0.3) is 11.2 Å². The quantitative estimate of drug-likeness (QED) is 0.555. The van der Waals surface area contributed by atoms with E-state index in [2.05, 4.69) is 25.6 Å². The standard InChI is InChI=1S/C18H23ClN6O3/c1-20-16(28)18-6-9(18)11(12(26)13(18)27)25-7-21-10-14(22-8-4-2-3-5-8)23-17(19)24-15(10)25/h7-9,11-13,26-27H,2-6H2,1H3,(H,20,28)(H,22,23,24)/t9-,11+,12+,13+,18+/m1/s1. The highest BCUT2D eigenvalue weighted by atomic mass is 35.5. The van der Waals surface area contributed by atoms with Crippen molar-refractivity contribution in [3.8, 4) is 0 Å². The van der Waals surface area contributed by atoms with Crippen molar-refractivity contribution in [1.29, 1.82) is 0 Å². The van der Waals surface area contributed by atoms with Crippen molar-refractivity contribution in [2.24, 2.45) is 11.3 Å². The fraction of sp³-hybridized carbons (Fsp3) is 0.667. The molecule has 9 nitrogen and oxygen atoms in total. The van der Waals surface area contributed by atoms with Crippen LogP contribution >= 0.6 is 11.6 Å². The van der Waals surface area contributed by atoms with Gasteiger partial charge in [0.1, 0.15) is 6.10 Å². The molecule has 10 heteroatoms. The van der Waals surface area contributed by atoms with Crippen molar-refractivity contribution < 1.29 is 15.0 Å². The topological polar surface area (TPSA) is 125 Å². The summed E-state index contributed by atoms with van der Waals surface area (Å²) < 4.78 is 1.74. The van der Waals surface area contributed by atoms with Crippen molar-refractivity contribution >= 4 is 34.5 Å². The molecule has 0 spiro atoms. The molecule has 0 aliphatic heterocycles. The SMILES string of the molecule is CNC(=O)[C@@]12C[C@@H]1[C@H](n1cnc3c(NC4CCCC4)nc(Cl)nc31)[C@H](O)[C@@H]2O. The number of rotatable bonds is 4. The number of nitrogens with one attached hydrogen (secondary N) is 2. The van der Waals surface area contributed by atoms with E-state index >= 15 is 0 Å². The predicted octanol–water partition coefficient (Wildman–Crippen LogP) is 0.863. The first-order chi connectivity index (χ1) is 13.5. The van der Waals surface area contributed by atoms with Crippen LogP contribution in [-0.4, -0.2) is 60.9 Å². The highest BCUT2D eigenvalue weighted by Gasteiger charge is 2.75. The second-order valence-electron chi connectivity index (χ2n) is 8.15. The smallest absolute Gasteiger partial charge is 0.229 e. The van der Waals surface area contributed by atoms with Gasteiger partial charge in [-0.3, -0.25) is 4.79 Å². The Hall–Kier alpha value is -1.97. The summed E-state index contributed by atoms with van der Waals surface area (Å²) >= 11 is 6.18. The first kappa shape index (κ1) is 18.1. The maximum Gasteiger partial charge on any atom is 0.229 e. The van der Waals surface area contributed by atoms with Crippen LogP contribution in [0, 0.1) is 11.3 Å². The van der Waals surface area contributed by atoms with E-state index in [0.29, 0.717) is 29.4 Å². The van der Waals surface area contributed by atoms with Crippen LogP contribution in [0.5, 0.6) is 0 Å². The van der Waals surface area contributed by atoms with Crippen molar-refractivity contribution in [3.05, 3.63) is 11.6 Å². The minimum atomic E-state index is -1.13. The Balaban J connectivity index is 1.54. The van der Waals surface area contributed by atoms with Gasteiger partial charge in [-0.2, -0.15) is 9.97 Å². The van der Waals surface area contributed by atoms with Crippen molar-refractivity contribution in [1.82, 2.24) is 24.8 Å². The summed E-state index contributed by atoms with van der Waals surface area (Å²) in [5.74, 6) is 0.157. The molecule has 1 amide bonds. The first-order valence-corrected chi connectivity index (χ1v) is 10.1. The summed E-state index contributed by atoms with van der Waals surface area (Å²) in [7, 11) is 1.54. The van der Waals surface area contributed by atoms with Crippen molar-refractivity contribution in [2.45, 2.75) is 56.4 Å². The largest absolute Gasteiger partial charge is 0.389 e. The summed E-state index contributed by atoms with van der Waals surface area (Å²) in [6, 6.07) is -0.162. The third-order valence-corrected chi connectivity index (χ3v) is 6.90. The zero-order chi connectivity index (χ0) is 19.6. The molecule has 0 saturated heterocycles. The molecule has 0 bridgehead atoms. The number of amides is 1. The number of imidazole rings is 1. The second-order valence-corrected chi connectivity index (χ2v) is 8.49.